The highest BCUT2D eigenvalue weighted by Gasteiger charge is 2.26. The van der Waals surface area contributed by atoms with Crippen LogP contribution in [0.2, 0.25) is 5.02 Å². The molecule has 0 unspecified atom stereocenters. The molecule has 2 aromatic rings. The summed E-state index contributed by atoms with van der Waals surface area (Å²) in [6.07, 6.45) is 0. The van der Waals surface area contributed by atoms with Crippen LogP contribution in [0.5, 0.6) is 5.75 Å². The Labute approximate surface area is 194 Å². The molecule has 10 heteroatoms. The lowest BCUT2D eigenvalue weighted by atomic mass is 10.1. The Balaban J connectivity index is 2.01. The van der Waals surface area contributed by atoms with Gasteiger partial charge in [-0.15, -0.1) is 0 Å². The molecule has 0 spiro atoms. The molecule has 1 aliphatic heterocycles. The van der Waals surface area contributed by atoms with E-state index < -0.39 is 15.9 Å². The molecule has 1 saturated heterocycles. The maximum absolute atomic E-state index is 13.3. The van der Waals surface area contributed by atoms with E-state index in [4.69, 9.17) is 21.1 Å². The van der Waals surface area contributed by atoms with E-state index in [1.54, 1.807) is 44.2 Å². The number of amides is 1. The van der Waals surface area contributed by atoms with E-state index in [1.807, 2.05) is 4.90 Å². The van der Waals surface area contributed by atoms with Gasteiger partial charge in [-0.25, -0.2) is 8.42 Å². The van der Waals surface area contributed by atoms with Crippen LogP contribution < -0.4 is 15.0 Å². The topological polar surface area (TPSA) is 88.2 Å². The van der Waals surface area contributed by atoms with Crippen LogP contribution in [0.4, 0.5) is 11.4 Å². The zero-order valence-corrected chi connectivity index (χ0v) is 20.0. The second-order valence-corrected chi connectivity index (χ2v) is 9.52. The highest BCUT2D eigenvalue weighted by atomic mass is 35.5. The number of hydrogen-bond donors (Lipinski definition) is 1. The molecule has 174 valence electrons. The van der Waals surface area contributed by atoms with Crippen LogP contribution >= 0.6 is 11.6 Å². The number of anilines is 2. The average molecular weight is 482 g/mol. The maximum Gasteiger partial charge on any atom is 0.257 e. The molecule has 32 heavy (non-hydrogen) atoms. The third kappa shape index (κ3) is 5.17. The number of ether oxygens (including phenoxy) is 2. The molecule has 8 nitrogen and oxygen atoms in total. The Morgan fingerprint density at radius 2 is 1.84 bits per heavy atom. The Morgan fingerprint density at radius 3 is 2.44 bits per heavy atom. The van der Waals surface area contributed by atoms with Crippen molar-refractivity contribution in [1.29, 1.82) is 0 Å². The van der Waals surface area contributed by atoms with Gasteiger partial charge in [0, 0.05) is 37.6 Å². The van der Waals surface area contributed by atoms with Crippen LogP contribution in [-0.2, 0) is 14.8 Å². The summed E-state index contributed by atoms with van der Waals surface area (Å²) in [6, 6.07) is 9.61. The smallest absolute Gasteiger partial charge is 0.257 e. The van der Waals surface area contributed by atoms with Crippen molar-refractivity contribution in [1.82, 2.24) is 4.31 Å². The molecule has 0 aromatic heterocycles. The molecule has 0 bridgehead atoms. The first-order chi connectivity index (χ1) is 15.3. The first kappa shape index (κ1) is 24.3. The Hall–Kier alpha value is -2.33. The summed E-state index contributed by atoms with van der Waals surface area (Å²) in [5.74, 6) is 0.0651. The van der Waals surface area contributed by atoms with E-state index in [9.17, 15) is 13.2 Å². The number of methoxy groups -OCH3 is 1. The van der Waals surface area contributed by atoms with Gasteiger partial charge >= 0.3 is 0 Å². The van der Waals surface area contributed by atoms with E-state index in [1.165, 1.54) is 17.5 Å². The predicted molar refractivity (Wildman–Crippen MR) is 126 cm³/mol. The van der Waals surface area contributed by atoms with Gasteiger partial charge < -0.3 is 19.7 Å². The fourth-order valence-corrected chi connectivity index (χ4v) is 5.34. The molecule has 1 N–H and O–H groups in total. The Kier molecular flexibility index (Phi) is 8.00. The number of carbonyl (C=O) groups is 1. The second-order valence-electron chi connectivity index (χ2n) is 7.17. The number of benzene rings is 2. The van der Waals surface area contributed by atoms with E-state index in [2.05, 4.69) is 5.32 Å². The molecule has 0 radical (unpaired) electrons. The summed E-state index contributed by atoms with van der Waals surface area (Å²) in [6.45, 7) is 6.54. The largest absolute Gasteiger partial charge is 0.495 e. The summed E-state index contributed by atoms with van der Waals surface area (Å²) < 4.78 is 38.1. The fourth-order valence-electron chi connectivity index (χ4n) is 3.59. The van der Waals surface area contributed by atoms with Crippen molar-refractivity contribution in [3.05, 3.63) is 47.0 Å². The van der Waals surface area contributed by atoms with Crippen LogP contribution in [0.25, 0.3) is 0 Å². The number of halogens is 1. The van der Waals surface area contributed by atoms with Crippen LogP contribution in [0.3, 0.4) is 0 Å². The molecular weight excluding hydrogens is 454 g/mol. The van der Waals surface area contributed by atoms with Crippen molar-refractivity contribution >= 4 is 38.9 Å². The summed E-state index contributed by atoms with van der Waals surface area (Å²) in [5, 5.41) is 3.18. The minimum Gasteiger partial charge on any atom is -0.495 e. The van der Waals surface area contributed by atoms with Crippen molar-refractivity contribution in [2.75, 3.05) is 56.7 Å². The van der Waals surface area contributed by atoms with Gasteiger partial charge in [0.05, 0.1) is 35.8 Å². The maximum atomic E-state index is 13.3. The van der Waals surface area contributed by atoms with Gasteiger partial charge in [0.25, 0.3) is 5.91 Å². The minimum absolute atomic E-state index is 0.0797. The molecule has 2 aromatic carbocycles. The van der Waals surface area contributed by atoms with E-state index in [0.717, 1.165) is 0 Å². The summed E-state index contributed by atoms with van der Waals surface area (Å²) >= 11 is 6.18. The van der Waals surface area contributed by atoms with Gasteiger partial charge in [-0.2, -0.15) is 4.31 Å². The number of sulfonamides is 1. The number of hydrogen-bond acceptors (Lipinski definition) is 6. The number of rotatable bonds is 8. The first-order valence-corrected chi connectivity index (χ1v) is 12.2. The zero-order valence-electron chi connectivity index (χ0n) is 18.4. The highest BCUT2D eigenvalue weighted by molar-refractivity contribution is 7.89. The lowest BCUT2D eigenvalue weighted by Crippen LogP contribution is -2.37. The Morgan fingerprint density at radius 1 is 1.16 bits per heavy atom. The van der Waals surface area contributed by atoms with Crippen molar-refractivity contribution in [3.8, 4) is 5.75 Å². The van der Waals surface area contributed by atoms with E-state index >= 15 is 0 Å². The molecule has 3 rings (SSSR count). The van der Waals surface area contributed by atoms with Gasteiger partial charge in [0.2, 0.25) is 10.0 Å². The fraction of sp³-hybridized carbons (Fsp3) is 0.409. The number of nitrogens with zero attached hydrogens (tertiary/aromatic N) is 2. The number of nitrogens with one attached hydrogen (secondary N) is 1. The second kappa shape index (κ2) is 10.5. The predicted octanol–water partition coefficient (Wildman–Crippen LogP) is 3.47. The monoisotopic (exact) mass is 481 g/mol. The molecule has 1 aliphatic rings. The molecule has 1 fully saturated rings. The third-order valence-corrected chi connectivity index (χ3v) is 7.66. The molecule has 0 aliphatic carbocycles. The molecule has 0 atom stereocenters. The lowest BCUT2D eigenvalue weighted by molar-refractivity contribution is 0.102. The summed E-state index contributed by atoms with van der Waals surface area (Å²) in [5.41, 5.74) is 1.40. The first-order valence-electron chi connectivity index (χ1n) is 10.4. The van der Waals surface area contributed by atoms with Gasteiger partial charge in [-0.1, -0.05) is 25.4 Å². The summed E-state index contributed by atoms with van der Waals surface area (Å²) in [7, 11) is -2.21. The highest BCUT2D eigenvalue weighted by Crippen LogP contribution is 2.30. The SMILES string of the molecule is CCN(CC)S(=O)(=O)c1ccc(N2CCOCC2)c(C(=O)Nc2ccc(OC)c(Cl)c2)c1. The van der Waals surface area contributed by atoms with Crippen LogP contribution in [0, 0.1) is 0 Å². The quantitative estimate of drug-likeness (QED) is 0.621. The number of morpholine rings is 1. The van der Waals surface area contributed by atoms with Gasteiger partial charge in [0.15, 0.2) is 0 Å². The van der Waals surface area contributed by atoms with Gasteiger partial charge in [-0.05, 0) is 36.4 Å². The van der Waals surface area contributed by atoms with E-state index in [-0.39, 0.29) is 10.5 Å². The molecule has 1 heterocycles. The standard InChI is InChI=1S/C22H28ClN3O5S/c1-4-26(5-2)32(28,29)17-7-8-20(25-10-12-31-13-11-25)18(15-17)22(27)24-16-6-9-21(30-3)19(23)14-16/h6-9,14-15H,4-5,10-13H2,1-3H3,(H,24,27). The van der Waals surface area contributed by atoms with Crippen molar-refractivity contribution in [2.24, 2.45) is 0 Å². The third-order valence-electron chi connectivity index (χ3n) is 5.32. The molecule has 0 saturated carbocycles. The normalized spacial score (nSPS) is 14.5. The minimum atomic E-state index is -3.72. The average Bonchev–Trinajstić information content (AvgIpc) is 2.80. The summed E-state index contributed by atoms with van der Waals surface area (Å²) in [4.78, 5) is 15.4. The van der Waals surface area contributed by atoms with Crippen molar-refractivity contribution in [3.63, 3.8) is 0 Å². The van der Waals surface area contributed by atoms with Crippen LogP contribution in [0.1, 0.15) is 24.2 Å². The molecular formula is C22H28ClN3O5S. The van der Waals surface area contributed by atoms with Gasteiger partial charge in [-0.3, -0.25) is 4.79 Å². The molecule has 1 amide bonds. The lowest BCUT2D eigenvalue weighted by Gasteiger charge is -2.30. The van der Waals surface area contributed by atoms with E-state index in [0.29, 0.717) is 61.5 Å². The Bertz CT molecular complexity index is 1070. The zero-order chi connectivity index (χ0) is 23.3. The van der Waals surface area contributed by atoms with Crippen molar-refractivity contribution in [2.45, 2.75) is 18.7 Å². The number of carbonyl (C=O) groups excluding carboxylic acids is 1. The van der Waals surface area contributed by atoms with Crippen LogP contribution in [0.15, 0.2) is 41.3 Å². The van der Waals surface area contributed by atoms with Crippen LogP contribution in [-0.4, -0.2) is 65.1 Å². The van der Waals surface area contributed by atoms with Gasteiger partial charge in [0.1, 0.15) is 5.75 Å². The van der Waals surface area contributed by atoms with Crippen molar-refractivity contribution < 1.29 is 22.7 Å².